The molecule has 1 amide bonds. The highest BCUT2D eigenvalue weighted by Crippen LogP contribution is 2.31. The Morgan fingerprint density at radius 2 is 2.05 bits per heavy atom. The lowest BCUT2D eigenvalue weighted by molar-refractivity contribution is -0.127. The Morgan fingerprint density at radius 1 is 1.25 bits per heavy atom. The van der Waals surface area contributed by atoms with Crippen LogP contribution in [0.1, 0.15) is 12.0 Å². The summed E-state index contributed by atoms with van der Waals surface area (Å²) >= 11 is 4.28. The van der Waals surface area contributed by atoms with E-state index in [1.54, 1.807) is 0 Å². The second-order valence-electron chi connectivity index (χ2n) is 5.32. The fraction of sp³-hybridized carbons (Fsp3) is 0.533. The molecule has 0 aliphatic carbocycles. The van der Waals surface area contributed by atoms with Crippen molar-refractivity contribution in [2.24, 2.45) is 5.92 Å². The minimum Gasteiger partial charge on any atom is -0.486 e. The first-order valence-corrected chi connectivity index (χ1v) is 7.66. The highest BCUT2D eigenvalue weighted by molar-refractivity contribution is 7.80. The highest BCUT2D eigenvalue weighted by atomic mass is 32.1. The summed E-state index contributed by atoms with van der Waals surface area (Å²) in [5.41, 5.74) is 1.18. The number of amides is 1. The van der Waals surface area contributed by atoms with Gasteiger partial charge in [-0.25, -0.2) is 0 Å². The van der Waals surface area contributed by atoms with Gasteiger partial charge in [0.2, 0.25) is 5.91 Å². The number of benzene rings is 1. The smallest absolute Gasteiger partial charge is 0.222 e. The van der Waals surface area contributed by atoms with Gasteiger partial charge in [-0.2, -0.15) is 12.6 Å². The Bertz CT molecular complexity index is 506. The van der Waals surface area contributed by atoms with E-state index in [2.05, 4.69) is 12.6 Å². The lowest BCUT2D eigenvalue weighted by Gasteiger charge is -2.20. The molecule has 0 N–H and O–H groups in total. The van der Waals surface area contributed by atoms with Crippen molar-refractivity contribution < 1.29 is 14.3 Å². The quantitative estimate of drug-likeness (QED) is 0.860. The van der Waals surface area contributed by atoms with Crippen molar-refractivity contribution in [2.45, 2.75) is 12.8 Å². The zero-order valence-corrected chi connectivity index (χ0v) is 12.3. The van der Waals surface area contributed by atoms with Crippen molar-refractivity contribution in [1.82, 2.24) is 4.90 Å². The number of carbonyl (C=O) groups is 1. The van der Waals surface area contributed by atoms with Gasteiger partial charge >= 0.3 is 0 Å². The van der Waals surface area contributed by atoms with Crippen LogP contribution in [0.15, 0.2) is 18.2 Å². The van der Waals surface area contributed by atoms with Crippen LogP contribution in [0.5, 0.6) is 11.5 Å². The normalized spacial score (nSPS) is 21.4. The maximum absolute atomic E-state index is 11.8. The minimum atomic E-state index is 0.251. The number of carbonyl (C=O) groups excluding carboxylic acids is 1. The van der Waals surface area contributed by atoms with Gasteiger partial charge in [-0.3, -0.25) is 4.79 Å². The molecule has 2 aliphatic heterocycles. The van der Waals surface area contributed by atoms with Gasteiger partial charge in [-0.1, -0.05) is 6.07 Å². The van der Waals surface area contributed by atoms with Crippen LogP contribution < -0.4 is 9.47 Å². The van der Waals surface area contributed by atoms with Gasteiger partial charge in [0.25, 0.3) is 0 Å². The van der Waals surface area contributed by atoms with Crippen molar-refractivity contribution in [3.63, 3.8) is 0 Å². The highest BCUT2D eigenvalue weighted by Gasteiger charge is 2.28. The van der Waals surface area contributed by atoms with Crippen LogP contribution >= 0.6 is 12.6 Å². The van der Waals surface area contributed by atoms with E-state index < -0.39 is 0 Å². The predicted molar refractivity (Wildman–Crippen MR) is 79.7 cm³/mol. The molecule has 0 bridgehead atoms. The van der Waals surface area contributed by atoms with E-state index in [1.807, 2.05) is 23.1 Å². The molecule has 108 valence electrons. The fourth-order valence-electron chi connectivity index (χ4n) is 2.70. The molecule has 3 rings (SSSR count). The summed E-state index contributed by atoms with van der Waals surface area (Å²) in [6, 6.07) is 6.02. The third-order valence-corrected chi connectivity index (χ3v) is 4.35. The van der Waals surface area contributed by atoms with Crippen LogP contribution in [0.4, 0.5) is 0 Å². The molecule has 1 saturated heterocycles. The predicted octanol–water partition coefficient (Wildman–Crippen LogP) is 1.78. The number of hydrogen-bond donors (Lipinski definition) is 1. The Hall–Kier alpha value is -1.36. The van der Waals surface area contributed by atoms with Crippen molar-refractivity contribution in [1.29, 1.82) is 0 Å². The lowest BCUT2D eigenvalue weighted by atomic mass is 10.1. The molecule has 1 atom stereocenters. The maximum Gasteiger partial charge on any atom is 0.222 e. The Morgan fingerprint density at radius 3 is 2.80 bits per heavy atom. The van der Waals surface area contributed by atoms with Crippen LogP contribution in [0.2, 0.25) is 0 Å². The Kier molecular flexibility index (Phi) is 4.05. The largest absolute Gasteiger partial charge is 0.486 e. The molecule has 0 aromatic heterocycles. The number of rotatable bonds is 4. The SMILES string of the molecule is O=C1CC(CS)CN1CCc1ccc2c(c1)OCCO2. The van der Waals surface area contributed by atoms with Gasteiger partial charge < -0.3 is 14.4 Å². The third-order valence-electron chi connectivity index (χ3n) is 3.83. The molecular weight excluding hydrogens is 274 g/mol. The summed E-state index contributed by atoms with van der Waals surface area (Å²) in [6.07, 6.45) is 1.49. The number of fused-ring (bicyclic) bond motifs is 1. The molecule has 5 heteroatoms. The molecular formula is C15H19NO3S. The molecule has 1 aromatic rings. The maximum atomic E-state index is 11.8. The number of nitrogens with zero attached hydrogens (tertiary/aromatic N) is 1. The minimum absolute atomic E-state index is 0.251. The van der Waals surface area contributed by atoms with E-state index >= 15 is 0 Å². The van der Waals surface area contributed by atoms with Gasteiger partial charge in [0.15, 0.2) is 11.5 Å². The van der Waals surface area contributed by atoms with Crippen LogP contribution in [0, 0.1) is 5.92 Å². The molecule has 2 heterocycles. The molecule has 1 fully saturated rings. The van der Waals surface area contributed by atoms with E-state index in [0.29, 0.717) is 25.6 Å². The lowest BCUT2D eigenvalue weighted by Crippen LogP contribution is -2.27. The first kappa shape index (κ1) is 13.6. The number of hydrogen-bond acceptors (Lipinski definition) is 4. The van der Waals surface area contributed by atoms with Crippen LogP contribution in [-0.2, 0) is 11.2 Å². The van der Waals surface area contributed by atoms with Gasteiger partial charge in [-0.05, 0) is 35.8 Å². The second kappa shape index (κ2) is 5.95. The number of ether oxygens (including phenoxy) is 2. The summed E-state index contributed by atoms with van der Waals surface area (Å²) in [5.74, 6) is 3.07. The van der Waals surface area contributed by atoms with Crippen molar-refractivity contribution in [3.8, 4) is 11.5 Å². The summed E-state index contributed by atoms with van der Waals surface area (Å²) in [6.45, 7) is 2.82. The Labute approximate surface area is 124 Å². The third kappa shape index (κ3) is 2.87. The molecule has 1 aromatic carbocycles. The fourth-order valence-corrected chi connectivity index (χ4v) is 2.94. The molecule has 4 nitrogen and oxygen atoms in total. The first-order chi connectivity index (χ1) is 9.76. The van der Waals surface area contributed by atoms with E-state index in [1.165, 1.54) is 5.56 Å². The molecule has 20 heavy (non-hydrogen) atoms. The Balaban J connectivity index is 1.60. The summed E-state index contributed by atoms with van der Waals surface area (Å²) in [7, 11) is 0. The van der Waals surface area contributed by atoms with Gasteiger partial charge in [0.05, 0.1) is 0 Å². The summed E-state index contributed by atoms with van der Waals surface area (Å²) < 4.78 is 11.1. The molecule has 1 unspecified atom stereocenters. The van der Waals surface area contributed by atoms with E-state index in [-0.39, 0.29) is 5.91 Å². The molecule has 0 spiro atoms. The second-order valence-corrected chi connectivity index (χ2v) is 5.69. The van der Waals surface area contributed by atoms with Gasteiger partial charge in [0.1, 0.15) is 13.2 Å². The van der Waals surface area contributed by atoms with Crippen molar-refractivity contribution in [2.75, 3.05) is 32.1 Å². The average Bonchev–Trinajstić information content (AvgIpc) is 2.85. The van der Waals surface area contributed by atoms with Crippen LogP contribution in [0.25, 0.3) is 0 Å². The van der Waals surface area contributed by atoms with E-state index in [9.17, 15) is 4.79 Å². The van der Waals surface area contributed by atoms with Crippen LogP contribution in [0.3, 0.4) is 0 Å². The first-order valence-electron chi connectivity index (χ1n) is 7.03. The zero-order chi connectivity index (χ0) is 13.9. The standard InChI is InChI=1S/C15H19NO3S/c17-15-8-12(10-20)9-16(15)4-3-11-1-2-13-14(7-11)19-6-5-18-13/h1-2,7,12,20H,3-6,8-10H2. The molecule has 0 radical (unpaired) electrons. The number of thiol groups is 1. The van der Waals surface area contributed by atoms with Crippen molar-refractivity contribution >= 4 is 18.5 Å². The monoisotopic (exact) mass is 293 g/mol. The van der Waals surface area contributed by atoms with E-state index in [0.717, 1.165) is 36.8 Å². The zero-order valence-electron chi connectivity index (χ0n) is 11.4. The summed E-state index contributed by atoms with van der Waals surface area (Å²) in [4.78, 5) is 13.8. The average molecular weight is 293 g/mol. The molecule has 2 aliphatic rings. The van der Waals surface area contributed by atoms with Crippen molar-refractivity contribution in [3.05, 3.63) is 23.8 Å². The van der Waals surface area contributed by atoms with Crippen LogP contribution in [-0.4, -0.2) is 42.9 Å². The summed E-state index contributed by atoms with van der Waals surface area (Å²) in [5, 5.41) is 0. The molecule has 0 saturated carbocycles. The topological polar surface area (TPSA) is 38.8 Å². The number of likely N-dealkylation sites (tertiary alicyclic amines) is 1. The van der Waals surface area contributed by atoms with Gasteiger partial charge in [0, 0.05) is 19.5 Å². The van der Waals surface area contributed by atoms with Gasteiger partial charge in [-0.15, -0.1) is 0 Å². The van der Waals surface area contributed by atoms with E-state index in [4.69, 9.17) is 9.47 Å².